The molecule has 0 unspecified atom stereocenters. The Kier molecular flexibility index (Phi) is 4.77. The lowest BCUT2D eigenvalue weighted by Crippen LogP contribution is -2.47. The number of halogens is 2. The predicted molar refractivity (Wildman–Crippen MR) is 77.2 cm³/mol. The van der Waals surface area contributed by atoms with E-state index in [4.69, 9.17) is 9.47 Å². The number of nitrogens with zero attached hydrogens (tertiary/aromatic N) is 1. The molecule has 23 heavy (non-hydrogen) atoms. The topological polar surface area (TPSA) is 48.0 Å². The number of carbonyl (C=O) groups excluding carboxylic acids is 1. The van der Waals surface area contributed by atoms with Gasteiger partial charge in [0, 0.05) is 25.9 Å². The van der Waals surface area contributed by atoms with Crippen molar-refractivity contribution in [3.8, 4) is 5.75 Å². The molecule has 0 radical (unpaired) electrons. The molecule has 0 atom stereocenters. The molecule has 3 rings (SSSR count). The van der Waals surface area contributed by atoms with E-state index in [2.05, 4.69) is 4.74 Å². The fraction of sp³-hybridized carbons (Fsp3) is 0.562. The monoisotopic (exact) mass is 327 g/mol. The van der Waals surface area contributed by atoms with Gasteiger partial charge in [-0.3, -0.25) is 4.79 Å². The Bertz CT molecular complexity index is 534. The van der Waals surface area contributed by atoms with Crippen LogP contribution < -0.4 is 4.74 Å². The smallest absolute Gasteiger partial charge is 0.387 e. The van der Waals surface area contributed by atoms with Crippen molar-refractivity contribution in [2.45, 2.75) is 31.7 Å². The van der Waals surface area contributed by atoms with Crippen LogP contribution in [-0.4, -0.2) is 49.5 Å². The summed E-state index contributed by atoms with van der Waals surface area (Å²) in [6, 6.07) is 6.15. The molecular formula is C16H19F2NO4. The highest BCUT2D eigenvalue weighted by Crippen LogP contribution is 2.31. The van der Waals surface area contributed by atoms with Gasteiger partial charge in [-0.05, 0) is 17.7 Å². The summed E-state index contributed by atoms with van der Waals surface area (Å²) >= 11 is 0. The number of amides is 1. The van der Waals surface area contributed by atoms with E-state index in [1.807, 2.05) is 0 Å². The van der Waals surface area contributed by atoms with Crippen molar-refractivity contribution in [3.05, 3.63) is 29.8 Å². The number of ether oxygens (including phenoxy) is 3. The van der Waals surface area contributed by atoms with Gasteiger partial charge < -0.3 is 19.1 Å². The summed E-state index contributed by atoms with van der Waals surface area (Å²) in [5.41, 5.74) is 0.769. The van der Waals surface area contributed by atoms with Gasteiger partial charge >= 0.3 is 6.61 Å². The van der Waals surface area contributed by atoms with Gasteiger partial charge in [-0.1, -0.05) is 12.1 Å². The average molecular weight is 327 g/mol. The Morgan fingerprint density at radius 2 is 1.78 bits per heavy atom. The minimum absolute atomic E-state index is 0.0142. The molecule has 1 spiro atoms. The van der Waals surface area contributed by atoms with Crippen LogP contribution in [0, 0.1) is 0 Å². The highest BCUT2D eigenvalue weighted by Gasteiger charge is 2.40. The van der Waals surface area contributed by atoms with E-state index < -0.39 is 12.4 Å². The number of rotatable bonds is 4. The second-order valence-electron chi connectivity index (χ2n) is 5.69. The van der Waals surface area contributed by atoms with Crippen LogP contribution >= 0.6 is 0 Å². The second kappa shape index (κ2) is 6.80. The number of alkyl halides is 2. The highest BCUT2D eigenvalue weighted by molar-refractivity contribution is 5.78. The fourth-order valence-corrected chi connectivity index (χ4v) is 2.96. The van der Waals surface area contributed by atoms with Gasteiger partial charge in [0.15, 0.2) is 5.79 Å². The summed E-state index contributed by atoms with van der Waals surface area (Å²) < 4.78 is 39.8. The van der Waals surface area contributed by atoms with Crippen LogP contribution in [0.2, 0.25) is 0 Å². The molecule has 0 saturated carbocycles. The number of hydrogen-bond donors (Lipinski definition) is 0. The van der Waals surface area contributed by atoms with Crippen molar-refractivity contribution in [3.63, 3.8) is 0 Å². The quantitative estimate of drug-likeness (QED) is 0.851. The first-order chi connectivity index (χ1) is 11.1. The zero-order valence-electron chi connectivity index (χ0n) is 12.7. The van der Waals surface area contributed by atoms with Crippen LogP contribution in [0.1, 0.15) is 18.4 Å². The standard InChI is InChI=1S/C16H19F2NO4/c17-15(18)23-13-3-1-12(2-4-13)11-14(20)19-7-5-16(6-8-19)21-9-10-22-16/h1-4,15H,5-11H2. The van der Waals surface area contributed by atoms with Crippen LogP contribution in [0.3, 0.4) is 0 Å². The molecule has 1 aromatic rings. The second-order valence-corrected chi connectivity index (χ2v) is 5.69. The first-order valence-electron chi connectivity index (χ1n) is 7.66. The lowest BCUT2D eigenvalue weighted by Gasteiger charge is -2.37. The lowest BCUT2D eigenvalue weighted by atomic mass is 10.0. The molecule has 5 nitrogen and oxygen atoms in total. The first kappa shape index (κ1) is 16.1. The Morgan fingerprint density at radius 3 is 2.35 bits per heavy atom. The Hall–Kier alpha value is -1.73. The van der Waals surface area contributed by atoms with Crippen molar-refractivity contribution in [1.29, 1.82) is 0 Å². The SMILES string of the molecule is O=C(Cc1ccc(OC(F)F)cc1)N1CCC2(CC1)OCCO2. The molecule has 2 aliphatic rings. The van der Waals surface area contributed by atoms with E-state index in [1.165, 1.54) is 12.1 Å². The maximum atomic E-state index is 12.3. The number of likely N-dealkylation sites (tertiary alicyclic amines) is 1. The third kappa shape index (κ3) is 3.97. The largest absolute Gasteiger partial charge is 0.435 e. The number of piperidine rings is 1. The van der Waals surface area contributed by atoms with E-state index in [-0.39, 0.29) is 18.1 Å². The van der Waals surface area contributed by atoms with Crippen molar-refractivity contribution < 1.29 is 27.8 Å². The summed E-state index contributed by atoms with van der Waals surface area (Å²) in [7, 11) is 0. The van der Waals surface area contributed by atoms with Crippen molar-refractivity contribution in [1.82, 2.24) is 4.90 Å². The van der Waals surface area contributed by atoms with Crippen molar-refractivity contribution >= 4 is 5.91 Å². The number of hydrogen-bond acceptors (Lipinski definition) is 4. The minimum atomic E-state index is -2.84. The van der Waals surface area contributed by atoms with Crippen LogP contribution in [0.4, 0.5) is 8.78 Å². The third-order valence-electron chi connectivity index (χ3n) is 4.20. The molecule has 126 valence electrons. The van der Waals surface area contributed by atoms with Gasteiger partial charge in [0.2, 0.25) is 5.91 Å². The van der Waals surface area contributed by atoms with Gasteiger partial charge in [-0.25, -0.2) is 0 Å². The Balaban J connectivity index is 1.51. The molecule has 0 N–H and O–H groups in total. The van der Waals surface area contributed by atoms with Crippen LogP contribution in [0.15, 0.2) is 24.3 Å². The molecule has 1 aromatic carbocycles. The number of carbonyl (C=O) groups is 1. The molecule has 2 fully saturated rings. The van der Waals surface area contributed by atoms with Crippen molar-refractivity contribution in [2.24, 2.45) is 0 Å². The fourth-order valence-electron chi connectivity index (χ4n) is 2.96. The van der Waals surface area contributed by atoms with Crippen LogP contribution in [0.25, 0.3) is 0 Å². The van der Waals surface area contributed by atoms with E-state index >= 15 is 0 Å². The van der Waals surface area contributed by atoms with E-state index in [0.717, 1.165) is 5.56 Å². The third-order valence-corrected chi connectivity index (χ3v) is 4.20. The average Bonchev–Trinajstić information content (AvgIpc) is 2.97. The van der Waals surface area contributed by atoms with Crippen molar-refractivity contribution in [2.75, 3.05) is 26.3 Å². The van der Waals surface area contributed by atoms with Crippen LogP contribution in [0.5, 0.6) is 5.75 Å². The molecule has 0 bridgehead atoms. The predicted octanol–water partition coefficient (Wildman–Crippen LogP) is 2.20. The summed E-state index contributed by atoms with van der Waals surface area (Å²) in [6.45, 7) is -0.415. The summed E-state index contributed by atoms with van der Waals surface area (Å²) in [5.74, 6) is -0.391. The maximum Gasteiger partial charge on any atom is 0.387 e. The van der Waals surface area contributed by atoms with Gasteiger partial charge in [-0.15, -0.1) is 0 Å². The maximum absolute atomic E-state index is 12.3. The van der Waals surface area contributed by atoms with E-state index in [9.17, 15) is 13.6 Å². The summed E-state index contributed by atoms with van der Waals surface area (Å²) in [5, 5.41) is 0. The van der Waals surface area contributed by atoms with Crippen LogP contribution in [-0.2, 0) is 20.7 Å². The first-order valence-corrected chi connectivity index (χ1v) is 7.66. The molecular weight excluding hydrogens is 308 g/mol. The lowest BCUT2D eigenvalue weighted by molar-refractivity contribution is -0.187. The molecule has 2 heterocycles. The van der Waals surface area contributed by atoms with Gasteiger partial charge in [0.25, 0.3) is 0 Å². The van der Waals surface area contributed by atoms with Gasteiger partial charge in [0.05, 0.1) is 19.6 Å². The normalized spacial score (nSPS) is 20.2. The van der Waals surface area contributed by atoms with Gasteiger partial charge in [0.1, 0.15) is 5.75 Å². The molecule has 0 aromatic heterocycles. The zero-order valence-corrected chi connectivity index (χ0v) is 12.7. The van der Waals surface area contributed by atoms with E-state index in [0.29, 0.717) is 39.1 Å². The number of benzene rings is 1. The van der Waals surface area contributed by atoms with E-state index in [1.54, 1.807) is 17.0 Å². The summed E-state index contributed by atoms with van der Waals surface area (Å²) in [6.07, 6.45) is 1.60. The molecule has 1 amide bonds. The summed E-state index contributed by atoms with van der Waals surface area (Å²) in [4.78, 5) is 14.1. The molecule has 2 aliphatic heterocycles. The Morgan fingerprint density at radius 1 is 1.17 bits per heavy atom. The highest BCUT2D eigenvalue weighted by atomic mass is 19.3. The molecule has 7 heteroatoms. The molecule has 2 saturated heterocycles. The minimum Gasteiger partial charge on any atom is -0.435 e. The zero-order chi connectivity index (χ0) is 16.3. The Labute approximate surface area is 133 Å². The molecule has 0 aliphatic carbocycles. The van der Waals surface area contributed by atoms with Gasteiger partial charge in [-0.2, -0.15) is 8.78 Å².